The number of hydrogen-bond acceptors (Lipinski definition) is 3. The fourth-order valence-electron chi connectivity index (χ4n) is 4.57. The van der Waals surface area contributed by atoms with E-state index in [1.165, 1.54) is 24.3 Å². The van der Waals surface area contributed by atoms with Crippen LogP contribution in [0.25, 0.3) is 43.4 Å². The molecule has 0 bridgehead atoms. The Kier molecular flexibility index (Phi) is 6.51. The summed E-state index contributed by atoms with van der Waals surface area (Å²) < 4.78 is 168. The summed E-state index contributed by atoms with van der Waals surface area (Å²) in [4.78, 5) is 0.375. The Bertz CT molecular complexity index is 1780. The minimum atomic E-state index is -6.36. The lowest BCUT2D eigenvalue weighted by atomic mass is 9.86. The van der Waals surface area contributed by atoms with Gasteiger partial charge in [0.2, 0.25) is 0 Å². The number of hydrogen-bond donors (Lipinski definition) is 0. The number of benzene rings is 3. The summed E-state index contributed by atoms with van der Waals surface area (Å²) in [6.07, 6.45) is -24.9. The van der Waals surface area contributed by atoms with Gasteiger partial charge < -0.3 is 0 Å². The standard InChI is InChI=1S/C26H10F12N2S/c27-23(28,29)15-10-16(24(30,31)32)19(25(33,34)35)20(26(36,37)38)18(15)22-14-9-12-5-2-1-4-11(12)8-13(14)21(39-40-22)17-6-3-7-41-17/h1-10H. The third kappa shape index (κ3) is 5.06. The van der Waals surface area contributed by atoms with Crippen molar-refractivity contribution in [3.8, 4) is 21.8 Å². The molecule has 0 aliphatic rings. The van der Waals surface area contributed by atoms with Gasteiger partial charge >= 0.3 is 24.7 Å². The first kappa shape index (κ1) is 28.6. The molecule has 2 nitrogen and oxygen atoms in total. The molecule has 214 valence electrons. The van der Waals surface area contributed by atoms with Gasteiger partial charge in [0, 0.05) is 16.3 Å². The van der Waals surface area contributed by atoms with Crippen molar-refractivity contribution in [2.45, 2.75) is 24.7 Å². The van der Waals surface area contributed by atoms with E-state index >= 15 is 0 Å². The Labute approximate surface area is 224 Å². The van der Waals surface area contributed by atoms with Gasteiger partial charge in [0.1, 0.15) is 11.4 Å². The summed E-state index contributed by atoms with van der Waals surface area (Å²) in [5, 5.41) is 9.02. The molecule has 0 saturated carbocycles. The molecule has 15 heteroatoms. The van der Waals surface area contributed by atoms with Crippen molar-refractivity contribution in [1.82, 2.24) is 10.2 Å². The highest BCUT2D eigenvalue weighted by molar-refractivity contribution is 7.13. The van der Waals surface area contributed by atoms with Crippen LogP contribution in [0.1, 0.15) is 22.3 Å². The molecule has 0 unspecified atom stereocenters. The van der Waals surface area contributed by atoms with E-state index in [0.29, 0.717) is 10.3 Å². The Morgan fingerprint density at radius 2 is 1.02 bits per heavy atom. The normalized spacial score (nSPS) is 13.4. The van der Waals surface area contributed by atoms with Crippen LogP contribution in [0.2, 0.25) is 0 Å². The van der Waals surface area contributed by atoms with Crippen LogP contribution in [-0.4, -0.2) is 10.2 Å². The predicted octanol–water partition coefficient (Wildman–Crippen LogP) is 10.3. The first-order chi connectivity index (χ1) is 18.9. The molecule has 0 spiro atoms. The lowest BCUT2D eigenvalue weighted by Gasteiger charge is -2.26. The van der Waals surface area contributed by atoms with E-state index < -0.39 is 69.7 Å². The second-order valence-corrected chi connectivity index (χ2v) is 9.65. The zero-order valence-corrected chi connectivity index (χ0v) is 20.4. The van der Waals surface area contributed by atoms with Crippen molar-refractivity contribution in [2.75, 3.05) is 0 Å². The van der Waals surface area contributed by atoms with Gasteiger partial charge in [-0.2, -0.15) is 52.7 Å². The van der Waals surface area contributed by atoms with Crippen LogP contribution in [0.3, 0.4) is 0 Å². The van der Waals surface area contributed by atoms with Gasteiger partial charge in [-0.15, -0.1) is 21.5 Å². The molecule has 0 amide bonds. The maximum Gasteiger partial charge on any atom is 0.417 e. The van der Waals surface area contributed by atoms with E-state index in [2.05, 4.69) is 10.2 Å². The summed E-state index contributed by atoms with van der Waals surface area (Å²) in [6.45, 7) is 0. The minimum absolute atomic E-state index is 0.00502. The monoisotopic (exact) mass is 610 g/mol. The maximum atomic E-state index is 14.3. The molecule has 0 aliphatic heterocycles. The second-order valence-electron chi connectivity index (χ2n) is 8.71. The Hall–Kier alpha value is -3.88. The molecule has 2 heterocycles. The minimum Gasteiger partial charge on any atom is -0.166 e. The van der Waals surface area contributed by atoms with E-state index in [4.69, 9.17) is 0 Å². The molecular formula is C26H10F12N2S. The highest BCUT2D eigenvalue weighted by atomic mass is 32.1. The average molecular weight is 610 g/mol. The molecule has 5 rings (SSSR count). The lowest BCUT2D eigenvalue weighted by molar-refractivity contribution is -0.175. The summed E-state index contributed by atoms with van der Waals surface area (Å²) in [5.41, 5.74) is -15.7. The average Bonchev–Trinajstić information content (AvgIpc) is 3.38. The van der Waals surface area contributed by atoms with E-state index in [9.17, 15) is 52.7 Å². The number of aromatic nitrogens is 2. The Morgan fingerprint density at radius 3 is 1.49 bits per heavy atom. The summed E-state index contributed by atoms with van der Waals surface area (Å²) in [5.74, 6) is 0. The molecule has 0 aliphatic carbocycles. The summed E-state index contributed by atoms with van der Waals surface area (Å²) >= 11 is 1.09. The van der Waals surface area contributed by atoms with Crippen molar-refractivity contribution >= 4 is 32.9 Å². The van der Waals surface area contributed by atoms with Gasteiger partial charge in [-0.1, -0.05) is 30.3 Å². The molecule has 0 fully saturated rings. The number of fused-ring (bicyclic) bond motifs is 2. The fourth-order valence-corrected chi connectivity index (χ4v) is 5.30. The molecule has 0 saturated heterocycles. The second kappa shape index (κ2) is 9.33. The molecule has 41 heavy (non-hydrogen) atoms. The van der Waals surface area contributed by atoms with Crippen molar-refractivity contribution in [3.05, 3.63) is 82.2 Å². The van der Waals surface area contributed by atoms with Gasteiger partial charge in [-0.3, -0.25) is 0 Å². The highest BCUT2D eigenvalue weighted by Crippen LogP contribution is 2.54. The largest absolute Gasteiger partial charge is 0.417 e. The quantitative estimate of drug-likeness (QED) is 0.147. The van der Waals surface area contributed by atoms with E-state index in [-0.39, 0.29) is 16.5 Å². The van der Waals surface area contributed by atoms with Crippen LogP contribution >= 0.6 is 11.3 Å². The Balaban J connectivity index is 2.06. The Morgan fingerprint density at radius 1 is 0.512 bits per heavy atom. The zero-order chi connectivity index (χ0) is 30.1. The third-order valence-corrected chi connectivity index (χ3v) is 7.02. The highest BCUT2D eigenvalue weighted by Gasteiger charge is 2.54. The molecule has 0 atom stereocenters. The zero-order valence-electron chi connectivity index (χ0n) is 19.6. The smallest absolute Gasteiger partial charge is 0.166 e. The van der Waals surface area contributed by atoms with Crippen LogP contribution in [0, 0.1) is 0 Å². The number of halogens is 12. The summed E-state index contributed by atoms with van der Waals surface area (Å²) in [6, 6.07) is 10.7. The van der Waals surface area contributed by atoms with Crippen molar-refractivity contribution < 1.29 is 52.7 Å². The van der Waals surface area contributed by atoms with Crippen molar-refractivity contribution in [3.63, 3.8) is 0 Å². The van der Waals surface area contributed by atoms with Gasteiger partial charge in [0.15, 0.2) is 0 Å². The molecule has 3 aromatic carbocycles. The van der Waals surface area contributed by atoms with Gasteiger partial charge in [-0.25, -0.2) is 0 Å². The fraction of sp³-hybridized carbons (Fsp3) is 0.154. The third-order valence-electron chi connectivity index (χ3n) is 6.14. The molecule has 5 aromatic rings. The molecule has 0 N–H and O–H groups in total. The number of nitrogens with zero attached hydrogens (tertiary/aromatic N) is 2. The molecular weight excluding hydrogens is 600 g/mol. The lowest BCUT2D eigenvalue weighted by Crippen LogP contribution is -2.27. The van der Waals surface area contributed by atoms with Crippen LogP contribution in [0.4, 0.5) is 52.7 Å². The first-order valence-electron chi connectivity index (χ1n) is 11.1. The van der Waals surface area contributed by atoms with Crippen molar-refractivity contribution in [1.29, 1.82) is 0 Å². The van der Waals surface area contributed by atoms with Crippen LogP contribution in [-0.2, 0) is 24.7 Å². The van der Waals surface area contributed by atoms with Crippen LogP contribution in [0.15, 0.2) is 60.0 Å². The van der Waals surface area contributed by atoms with Crippen LogP contribution < -0.4 is 0 Å². The number of thiophene rings is 1. The van der Waals surface area contributed by atoms with E-state index in [1.54, 1.807) is 23.6 Å². The van der Waals surface area contributed by atoms with E-state index in [0.717, 1.165) is 17.4 Å². The molecule has 2 aromatic heterocycles. The van der Waals surface area contributed by atoms with Crippen molar-refractivity contribution in [2.24, 2.45) is 0 Å². The summed E-state index contributed by atoms with van der Waals surface area (Å²) in [7, 11) is 0. The topological polar surface area (TPSA) is 25.8 Å². The number of rotatable bonds is 2. The van der Waals surface area contributed by atoms with E-state index in [1.807, 2.05) is 0 Å². The predicted molar refractivity (Wildman–Crippen MR) is 126 cm³/mol. The van der Waals surface area contributed by atoms with Gasteiger partial charge in [-0.05, 0) is 40.4 Å². The van der Waals surface area contributed by atoms with Gasteiger partial charge in [0.05, 0.1) is 27.1 Å². The molecule has 0 radical (unpaired) electrons. The van der Waals surface area contributed by atoms with Crippen LogP contribution in [0.5, 0.6) is 0 Å². The number of alkyl halides is 12. The maximum absolute atomic E-state index is 14.3. The SMILES string of the molecule is FC(F)(F)c1cc(C(F)(F)F)c(C(F)(F)F)c(C(F)(F)F)c1-c1nnc(-c2cccs2)c2cc3ccccc3cc12. The first-order valence-corrected chi connectivity index (χ1v) is 12.0. The van der Waals surface area contributed by atoms with Gasteiger partial charge in [0.25, 0.3) is 0 Å².